The number of hydrogen-bond acceptors (Lipinski definition) is 2. The molecule has 0 radical (unpaired) electrons. The van der Waals surface area contributed by atoms with Gasteiger partial charge in [0.15, 0.2) is 0 Å². The lowest BCUT2D eigenvalue weighted by molar-refractivity contribution is 0.680. The van der Waals surface area contributed by atoms with Crippen molar-refractivity contribution in [1.82, 2.24) is 9.97 Å². The zero-order valence-electron chi connectivity index (χ0n) is 10.6. The lowest BCUT2D eigenvalue weighted by atomic mass is 10.1. The van der Waals surface area contributed by atoms with Crippen molar-refractivity contribution in [3.05, 3.63) is 63.9 Å². The Morgan fingerprint density at radius 1 is 1.05 bits per heavy atom. The first-order chi connectivity index (χ1) is 9.61. The molecule has 0 bridgehead atoms. The molecule has 0 aliphatic rings. The van der Waals surface area contributed by atoms with Gasteiger partial charge in [-0.25, -0.2) is 4.98 Å². The monoisotopic (exact) mass is 305 g/mol. The van der Waals surface area contributed by atoms with E-state index in [9.17, 15) is 0 Å². The molecular formula is C15H13Cl2N3. The Kier molecular flexibility index (Phi) is 3.66. The number of imidazole rings is 1. The van der Waals surface area contributed by atoms with E-state index in [4.69, 9.17) is 28.9 Å². The summed E-state index contributed by atoms with van der Waals surface area (Å²) in [6.07, 6.45) is 0.699. The number of rotatable bonds is 3. The largest absolute Gasteiger partial charge is 0.341 e. The molecule has 0 unspecified atom stereocenters. The van der Waals surface area contributed by atoms with Gasteiger partial charge >= 0.3 is 0 Å². The minimum atomic E-state index is -0.192. The molecule has 3 N–H and O–H groups in total. The first-order valence-corrected chi connectivity index (χ1v) is 7.02. The van der Waals surface area contributed by atoms with Gasteiger partial charge < -0.3 is 10.7 Å². The molecule has 3 rings (SSSR count). The third-order valence-corrected chi connectivity index (χ3v) is 3.67. The van der Waals surface area contributed by atoms with Crippen LogP contribution in [0.25, 0.3) is 11.0 Å². The van der Waals surface area contributed by atoms with E-state index in [-0.39, 0.29) is 6.04 Å². The summed E-state index contributed by atoms with van der Waals surface area (Å²) in [5.74, 6) is 0.761. The Morgan fingerprint density at radius 2 is 1.75 bits per heavy atom. The van der Waals surface area contributed by atoms with Crippen LogP contribution in [0.5, 0.6) is 0 Å². The first-order valence-electron chi connectivity index (χ1n) is 6.27. The number of H-pyrrole nitrogens is 1. The molecule has 1 heterocycles. The molecule has 0 saturated carbocycles. The van der Waals surface area contributed by atoms with Crippen molar-refractivity contribution < 1.29 is 0 Å². The Morgan fingerprint density at radius 3 is 2.50 bits per heavy atom. The van der Waals surface area contributed by atoms with Crippen LogP contribution in [0, 0.1) is 0 Å². The van der Waals surface area contributed by atoms with Crippen LogP contribution in [-0.4, -0.2) is 9.97 Å². The predicted octanol–water partition coefficient (Wildman–Crippen LogP) is 4.11. The number of aromatic nitrogens is 2. The van der Waals surface area contributed by atoms with Crippen molar-refractivity contribution in [3.63, 3.8) is 0 Å². The summed E-state index contributed by atoms with van der Waals surface area (Å²) in [5, 5.41) is 1.39. The summed E-state index contributed by atoms with van der Waals surface area (Å²) in [7, 11) is 0. The second-order valence-corrected chi connectivity index (χ2v) is 5.59. The number of nitrogens with two attached hydrogens (primary N) is 1. The minimum absolute atomic E-state index is 0.192. The third-order valence-electron chi connectivity index (χ3n) is 3.18. The Hall–Kier alpha value is -1.55. The zero-order valence-corrected chi connectivity index (χ0v) is 12.1. The van der Waals surface area contributed by atoms with Crippen LogP contribution >= 0.6 is 23.2 Å². The summed E-state index contributed by atoms with van der Waals surface area (Å²) in [5.41, 5.74) is 9.11. The van der Waals surface area contributed by atoms with E-state index in [1.807, 2.05) is 42.5 Å². The molecule has 3 aromatic rings. The molecule has 0 aliphatic heterocycles. The van der Waals surface area contributed by atoms with E-state index in [0.717, 1.165) is 27.4 Å². The zero-order chi connectivity index (χ0) is 14.1. The summed E-state index contributed by atoms with van der Waals surface area (Å²) in [6, 6.07) is 13.0. The van der Waals surface area contributed by atoms with Crippen LogP contribution in [0.1, 0.15) is 17.4 Å². The van der Waals surface area contributed by atoms with Crippen LogP contribution in [-0.2, 0) is 6.42 Å². The van der Waals surface area contributed by atoms with Gasteiger partial charge in [-0.15, -0.1) is 0 Å². The Labute approximate surface area is 126 Å². The van der Waals surface area contributed by atoms with Crippen molar-refractivity contribution in [2.45, 2.75) is 12.5 Å². The van der Waals surface area contributed by atoms with Gasteiger partial charge in [0.05, 0.1) is 17.1 Å². The summed E-state index contributed by atoms with van der Waals surface area (Å²) in [6.45, 7) is 0. The second-order valence-electron chi connectivity index (χ2n) is 4.72. The lowest BCUT2D eigenvalue weighted by Crippen LogP contribution is -2.14. The molecule has 0 fully saturated rings. The number of nitrogens with one attached hydrogen (secondary N) is 1. The molecular weight excluding hydrogens is 293 g/mol. The molecule has 1 aromatic heterocycles. The number of benzene rings is 2. The van der Waals surface area contributed by atoms with Gasteiger partial charge in [-0.3, -0.25) is 0 Å². The van der Waals surface area contributed by atoms with Crippen LogP contribution in [0.4, 0.5) is 0 Å². The molecule has 0 aliphatic carbocycles. The van der Waals surface area contributed by atoms with Crippen molar-refractivity contribution in [2.75, 3.05) is 0 Å². The SMILES string of the molecule is N[C@@H](Cc1ccc(Cl)cc1)c1nc2cc(Cl)ccc2[nH]1. The standard InChI is InChI=1S/C15H13Cl2N3/c16-10-3-1-9(2-4-10)7-12(18)15-19-13-6-5-11(17)8-14(13)20-15/h1-6,8,12H,7,18H2,(H,19,20)/t12-/m0/s1. The summed E-state index contributed by atoms with van der Waals surface area (Å²) < 4.78 is 0. The highest BCUT2D eigenvalue weighted by molar-refractivity contribution is 6.31. The molecule has 2 aromatic carbocycles. The fraction of sp³-hybridized carbons (Fsp3) is 0.133. The Bertz CT molecular complexity index is 734. The maximum absolute atomic E-state index is 6.21. The van der Waals surface area contributed by atoms with E-state index >= 15 is 0 Å². The molecule has 5 heteroatoms. The van der Waals surface area contributed by atoms with Gasteiger partial charge in [-0.05, 0) is 42.3 Å². The first kappa shape index (κ1) is 13.4. The quantitative estimate of drug-likeness (QED) is 0.765. The van der Waals surface area contributed by atoms with Gasteiger partial charge in [-0.2, -0.15) is 0 Å². The van der Waals surface area contributed by atoms with Gasteiger partial charge in [-0.1, -0.05) is 35.3 Å². The number of aromatic amines is 1. The molecule has 0 saturated heterocycles. The fourth-order valence-electron chi connectivity index (χ4n) is 2.15. The normalized spacial score (nSPS) is 12.8. The van der Waals surface area contributed by atoms with Gasteiger partial charge in [0, 0.05) is 10.0 Å². The molecule has 102 valence electrons. The molecule has 0 spiro atoms. The van der Waals surface area contributed by atoms with Crippen LogP contribution in [0.3, 0.4) is 0 Å². The van der Waals surface area contributed by atoms with Gasteiger partial charge in [0.1, 0.15) is 5.82 Å². The van der Waals surface area contributed by atoms with E-state index in [2.05, 4.69) is 9.97 Å². The molecule has 20 heavy (non-hydrogen) atoms. The van der Waals surface area contributed by atoms with Crippen LogP contribution in [0.2, 0.25) is 10.0 Å². The van der Waals surface area contributed by atoms with E-state index in [1.165, 1.54) is 0 Å². The molecule has 0 amide bonds. The Balaban J connectivity index is 1.84. The van der Waals surface area contributed by atoms with Crippen molar-refractivity contribution in [3.8, 4) is 0 Å². The number of fused-ring (bicyclic) bond motifs is 1. The molecule has 3 nitrogen and oxygen atoms in total. The van der Waals surface area contributed by atoms with Crippen molar-refractivity contribution >= 4 is 34.2 Å². The minimum Gasteiger partial charge on any atom is -0.341 e. The predicted molar refractivity (Wildman–Crippen MR) is 83.2 cm³/mol. The van der Waals surface area contributed by atoms with Crippen molar-refractivity contribution in [2.24, 2.45) is 5.73 Å². The average Bonchev–Trinajstić information content (AvgIpc) is 2.84. The lowest BCUT2D eigenvalue weighted by Gasteiger charge is -2.08. The van der Waals surface area contributed by atoms with E-state index < -0.39 is 0 Å². The molecule has 1 atom stereocenters. The summed E-state index contributed by atoms with van der Waals surface area (Å²) >= 11 is 11.8. The smallest absolute Gasteiger partial charge is 0.124 e. The fourth-order valence-corrected chi connectivity index (χ4v) is 2.44. The highest BCUT2D eigenvalue weighted by Crippen LogP contribution is 2.21. The van der Waals surface area contributed by atoms with Gasteiger partial charge in [0.25, 0.3) is 0 Å². The van der Waals surface area contributed by atoms with Crippen molar-refractivity contribution in [1.29, 1.82) is 0 Å². The van der Waals surface area contributed by atoms with Gasteiger partial charge in [0.2, 0.25) is 0 Å². The highest BCUT2D eigenvalue weighted by Gasteiger charge is 2.12. The van der Waals surface area contributed by atoms with E-state index in [1.54, 1.807) is 0 Å². The maximum atomic E-state index is 6.21. The number of nitrogens with zero attached hydrogens (tertiary/aromatic N) is 1. The second kappa shape index (κ2) is 5.44. The third kappa shape index (κ3) is 2.80. The summed E-state index contributed by atoms with van der Waals surface area (Å²) in [4.78, 5) is 7.73. The average molecular weight is 306 g/mol. The maximum Gasteiger partial charge on any atom is 0.124 e. The highest BCUT2D eigenvalue weighted by atomic mass is 35.5. The van der Waals surface area contributed by atoms with Crippen LogP contribution in [0.15, 0.2) is 42.5 Å². The van der Waals surface area contributed by atoms with E-state index in [0.29, 0.717) is 11.4 Å². The number of halogens is 2. The van der Waals surface area contributed by atoms with Crippen LogP contribution < -0.4 is 5.73 Å². The topological polar surface area (TPSA) is 54.7 Å². The number of hydrogen-bond donors (Lipinski definition) is 2.